The van der Waals surface area contributed by atoms with Crippen LogP contribution in [0.15, 0.2) is 52.7 Å². The predicted octanol–water partition coefficient (Wildman–Crippen LogP) is 3.17. The van der Waals surface area contributed by atoms with Crippen molar-refractivity contribution in [3.8, 4) is 11.3 Å². The van der Waals surface area contributed by atoms with Gasteiger partial charge >= 0.3 is 0 Å². The number of rotatable bonds is 6. The summed E-state index contributed by atoms with van der Waals surface area (Å²) in [6.07, 6.45) is 0. The number of sulfonamides is 1. The van der Waals surface area contributed by atoms with Gasteiger partial charge in [0, 0.05) is 37.1 Å². The minimum atomic E-state index is -4.33. The number of carbonyl (C=O) groups excluding carboxylic acids is 1. The average Bonchev–Trinajstić information content (AvgIpc) is 3.22. The Morgan fingerprint density at radius 2 is 1.64 bits per heavy atom. The van der Waals surface area contributed by atoms with Gasteiger partial charge in [-0.15, -0.1) is 11.3 Å². The number of halogens is 3. The van der Waals surface area contributed by atoms with Crippen LogP contribution in [0.3, 0.4) is 0 Å². The Morgan fingerprint density at radius 3 is 2.27 bits per heavy atom. The predicted molar refractivity (Wildman–Crippen MR) is 118 cm³/mol. The van der Waals surface area contributed by atoms with Crippen molar-refractivity contribution in [2.75, 3.05) is 38.0 Å². The number of thiazole rings is 1. The molecule has 2 aromatic carbocycles. The van der Waals surface area contributed by atoms with E-state index in [9.17, 15) is 26.4 Å². The number of hydrogen-bond donors (Lipinski definition) is 1. The van der Waals surface area contributed by atoms with Crippen molar-refractivity contribution >= 4 is 32.4 Å². The van der Waals surface area contributed by atoms with Crippen LogP contribution in [-0.4, -0.2) is 61.2 Å². The van der Waals surface area contributed by atoms with Crippen LogP contribution in [0.1, 0.15) is 0 Å². The highest BCUT2D eigenvalue weighted by Gasteiger charge is 2.33. The molecule has 0 unspecified atom stereocenters. The van der Waals surface area contributed by atoms with E-state index in [1.54, 1.807) is 22.4 Å². The molecule has 33 heavy (non-hydrogen) atoms. The fourth-order valence-electron chi connectivity index (χ4n) is 3.43. The van der Waals surface area contributed by atoms with E-state index < -0.39 is 26.6 Å². The van der Waals surface area contributed by atoms with E-state index in [0.29, 0.717) is 10.8 Å². The quantitative estimate of drug-likeness (QED) is 0.567. The van der Waals surface area contributed by atoms with E-state index in [-0.39, 0.29) is 44.4 Å². The molecule has 0 atom stereocenters. The molecule has 2 heterocycles. The molecule has 7 nitrogen and oxygen atoms in total. The Balaban J connectivity index is 1.32. The summed E-state index contributed by atoms with van der Waals surface area (Å²) in [5.41, 5.74) is 1.33. The molecule has 0 saturated carbocycles. The number of nitrogens with zero attached hydrogens (tertiary/aromatic N) is 3. The van der Waals surface area contributed by atoms with Crippen LogP contribution in [0.25, 0.3) is 11.3 Å². The zero-order chi connectivity index (χ0) is 23.6. The topological polar surface area (TPSA) is 82.6 Å². The monoisotopic (exact) mass is 496 g/mol. The van der Waals surface area contributed by atoms with Crippen LogP contribution in [0.2, 0.25) is 0 Å². The third kappa shape index (κ3) is 5.24. The lowest BCUT2D eigenvalue weighted by Gasteiger charge is -2.33. The summed E-state index contributed by atoms with van der Waals surface area (Å²) in [7, 11) is -4.33. The lowest BCUT2D eigenvalue weighted by atomic mass is 10.2. The van der Waals surface area contributed by atoms with Crippen molar-refractivity contribution in [2.45, 2.75) is 4.90 Å². The number of benzene rings is 2. The van der Waals surface area contributed by atoms with Crippen molar-refractivity contribution in [3.05, 3.63) is 65.3 Å². The van der Waals surface area contributed by atoms with E-state index >= 15 is 0 Å². The minimum absolute atomic E-state index is 0.00461. The number of carbonyl (C=O) groups is 1. The standard InChI is InChI=1S/C21H19F3N4O3S2/c22-15-6-4-14(5-7-15)18-13-32-21(25-18)26-19(29)12-27-8-10-28(11-9-27)33(30,31)20-16(23)2-1-3-17(20)24/h1-7,13H,8-12H2,(H,25,26,29). The second kappa shape index (κ2) is 9.59. The molecule has 4 rings (SSSR count). The third-order valence-corrected chi connectivity index (χ3v) is 7.81. The summed E-state index contributed by atoms with van der Waals surface area (Å²) in [5.74, 6) is -2.96. The van der Waals surface area contributed by atoms with E-state index in [2.05, 4.69) is 10.3 Å². The van der Waals surface area contributed by atoms with Crippen molar-refractivity contribution < 1.29 is 26.4 Å². The van der Waals surface area contributed by atoms with Gasteiger partial charge in [-0.1, -0.05) is 6.07 Å². The SMILES string of the molecule is O=C(CN1CCN(S(=O)(=O)c2c(F)cccc2F)CC1)Nc1nc(-c2ccc(F)cc2)cs1. The number of anilines is 1. The van der Waals surface area contributed by atoms with Gasteiger partial charge in [-0.3, -0.25) is 9.69 Å². The third-order valence-electron chi connectivity index (χ3n) is 5.11. The molecule has 0 radical (unpaired) electrons. The Morgan fingerprint density at radius 1 is 1.00 bits per heavy atom. The first-order valence-electron chi connectivity index (χ1n) is 9.92. The second-order valence-electron chi connectivity index (χ2n) is 7.32. The number of piperazine rings is 1. The lowest BCUT2D eigenvalue weighted by Crippen LogP contribution is -2.50. The summed E-state index contributed by atoms with van der Waals surface area (Å²) >= 11 is 1.23. The van der Waals surface area contributed by atoms with Crippen LogP contribution >= 0.6 is 11.3 Å². The van der Waals surface area contributed by atoms with Crippen LogP contribution in [0, 0.1) is 17.5 Å². The van der Waals surface area contributed by atoms with E-state index in [4.69, 9.17) is 0 Å². The number of hydrogen-bond acceptors (Lipinski definition) is 6. The van der Waals surface area contributed by atoms with E-state index in [1.165, 1.54) is 23.5 Å². The highest BCUT2D eigenvalue weighted by atomic mass is 32.2. The fraction of sp³-hybridized carbons (Fsp3) is 0.238. The highest BCUT2D eigenvalue weighted by Crippen LogP contribution is 2.26. The van der Waals surface area contributed by atoms with Crippen molar-refractivity contribution in [1.29, 1.82) is 0 Å². The minimum Gasteiger partial charge on any atom is -0.301 e. The molecule has 12 heteroatoms. The summed E-state index contributed by atoms with van der Waals surface area (Å²) in [6.45, 7) is 0.445. The molecule has 1 saturated heterocycles. The van der Waals surface area contributed by atoms with E-state index in [0.717, 1.165) is 28.1 Å². The van der Waals surface area contributed by atoms with Gasteiger partial charge in [0.2, 0.25) is 15.9 Å². The molecule has 0 aliphatic carbocycles. The van der Waals surface area contributed by atoms with Gasteiger partial charge in [0.05, 0.1) is 12.2 Å². The van der Waals surface area contributed by atoms with Gasteiger partial charge in [0.25, 0.3) is 0 Å². The Hall–Kier alpha value is -2.80. The van der Waals surface area contributed by atoms with Crippen LogP contribution in [0.5, 0.6) is 0 Å². The number of amides is 1. The van der Waals surface area contributed by atoms with Crippen molar-refractivity contribution in [3.63, 3.8) is 0 Å². The Labute approximate surface area is 192 Å². The zero-order valence-electron chi connectivity index (χ0n) is 17.2. The average molecular weight is 497 g/mol. The molecule has 174 valence electrons. The van der Waals surface area contributed by atoms with Crippen LogP contribution in [0.4, 0.5) is 18.3 Å². The molecule has 1 aliphatic rings. The molecule has 0 bridgehead atoms. The van der Waals surface area contributed by atoms with Crippen molar-refractivity contribution in [1.82, 2.24) is 14.2 Å². The molecule has 3 aromatic rings. The van der Waals surface area contributed by atoms with Crippen LogP contribution in [-0.2, 0) is 14.8 Å². The zero-order valence-corrected chi connectivity index (χ0v) is 18.8. The lowest BCUT2D eigenvalue weighted by molar-refractivity contribution is -0.117. The van der Waals surface area contributed by atoms with Gasteiger partial charge < -0.3 is 5.32 Å². The molecule has 1 aliphatic heterocycles. The Kier molecular flexibility index (Phi) is 6.79. The highest BCUT2D eigenvalue weighted by molar-refractivity contribution is 7.89. The molecular weight excluding hydrogens is 477 g/mol. The summed E-state index contributed by atoms with van der Waals surface area (Å²) in [5, 5.41) is 4.82. The van der Waals surface area contributed by atoms with Gasteiger partial charge in [-0.2, -0.15) is 4.31 Å². The first-order chi connectivity index (χ1) is 15.7. The molecule has 0 spiro atoms. The largest absolute Gasteiger partial charge is 0.301 e. The normalized spacial score (nSPS) is 15.5. The summed E-state index contributed by atoms with van der Waals surface area (Å²) < 4.78 is 67.3. The summed E-state index contributed by atoms with van der Waals surface area (Å²) in [6, 6.07) is 8.74. The first kappa shape index (κ1) is 23.4. The maximum absolute atomic E-state index is 14.0. The van der Waals surface area contributed by atoms with Crippen LogP contribution < -0.4 is 5.32 Å². The molecule has 1 amide bonds. The van der Waals surface area contributed by atoms with Gasteiger partial charge in [0.1, 0.15) is 17.5 Å². The van der Waals surface area contributed by atoms with E-state index in [1.807, 2.05) is 0 Å². The second-order valence-corrected chi connectivity index (χ2v) is 10.1. The molecule has 1 N–H and O–H groups in total. The fourth-order valence-corrected chi connectivity index (χ4v) is 5.70. The maximum atomic E-state index is 14.0. The molecular formula is C21H19F3N4O3S2. The van der Waals surface area contributed by atoms with Crippen molar-refractivity contribution in [2.24, 2.45) is 0 Å². The first-order valence-corrected chi connectivity index (χ1v) is 12.2. The van der Waals surface area contributed by atoms with Gasteiger partial charge in [-0.25, -0.2) is 26.6 Å². The molecule has 1 fully saturated rings. The number of nitrogens with one attached hydrogen (secondary N) is 1. The van der Waals surface area contributed by atoms with Gasteiger partial charge in [0.15, 0.2) is 10.0 Å². The number of aromatic nitrogens is 1. The Bertz CT molecular complexity index is 1240. The van der Waals surface area contributed by atoms with Gasteiger partial charge in [-0.05, 0) is 36.4 Å². The maximum Gasteiger partial charge on any atom is 0.249 e. The smallest absolute Gasteiger partial charge is 0.249 e. The summed E-state index contributed by atoms with van der Waals surface area (Å²) in [4.78, 5) is 17.5. The molecule has 1 aromatic heterocycles.